The van der Waals surface area contributed by atoms with Crippen molar-refractivity contribution < 1.29 is 0 Å². The lowest BCUT2D eigenvalue weighted by Crippen LogP contribution is -1.79. The molecule has 1 aromatic carbocycles. The Morgan fingerprint density at radius 1 is 1.23 bits per heavy atom. The second kappa shape index (κ2) is 5.54. The largest absolute Gasteiger partial charge is 0.0969 e. The monoisotopic (exact) mass is 276 g/mol. The summed E-state index contributed by atoms with van der Waals surface area (Å²) in [4.78, 5) is 0. The summed E-state index contributed by atoms with van der Waals surface area (Å²) in [5.74, 6) is 5.91. The number of benzene rings is 1. The highest BCUT2D eigenvalue weighted by atomic mass is 79.9. The van der Waals surface area contributed by atoms with Crippen molar-refractivity contribution in [3.05, 3.63) is 33.8 Å². The third kappa shape index (κ3) is 3.23. The Morgan fingerprint density at radius 3 is 2.38 bits per heavy atom. The first kappa shape index (κ1) is 10.9. The van der Waals surface area contributed by atoms with E-state index in [4.69, 9.17) is 23.2 Å². The molecule has 0 aliphatic heterocycles. The maximum atomic E-state index is 5.91. The minimum atomic E-state index is 0.606. The fourth-order valence-corrected chi connectivity index (χ4v) is 1.51. The van der Waals surface area contributed by atoms with E-state index in [-0.39, 0.29) is 0 Å². The number of hydrogen-bond acceptors (Lipinski definition) is 0. The molecule has 0 spiro atoms. The van der Waals surface area contributed by atoms with Crippen LogP contribution in [-0.2, 0) is 0 Å². The highest BCUT2D eigenvalue weighted by Gasteiger charge is 2.00. The van der Waals surface area contributed by atoms with Crippen molar-refractivity contribution in [2.75, 3.05) is 5.33 Å². The van der Waals surface area contributed by atoms with Crippen LogP contribution in [0.25, 0.3) is 0 Å². The molecule has 0 saturated heterocycles. The molecule has 68 valence electrons. The summed E-state index contributed by atoms with van der Waals surface area (Å²) < 4.78 is 0. The van der Waals surface area contributed by atoms with Crippen LogP contribution in [0.4, 0.5) is 0 Å². The number of hydrogen-bond donors (Lipinski definition) is 0. The van der Waals surface area contributed by atoms with Gasteiger partial charge in [-0.15, -0.1) is 0 Å². The molecule has 0 aliphatic rings. The van der Waals surface area contributed by atoms with Crippen LogP contribution in [0.3, 0.4) is 0 Å². The third-order valence-electron chi connectivity index (χ3n) is 1.40. The van der Waals surface area contributed by atoms with Gasteiger partial charge < -0.3 is 0 Å². The lowest BCUT2D eigenvalue weighted by molar-refractivity contribution is 1.32. The summed E-state index contributed by atoms with van der Waals surface area (Å²) in [7, 11) is 0. The molecule has 13 heavy (non-hydrogen) atoms. The van der Waals surface area contributed by atoms with Gasteiger partial charge in [0.15, 0.2) is 0 Å². The fourth-order valence-electron chi connectivity index (χ4n) is 0.815. The SMILES string of the molecule is Clc1cccc(Cl)c1C#CCCBr. The minimum Gasteiger partial charge on any atom is -0.0969 e. The van der Waals surface area contributed by atoms with Crippen LogP contribution in [-0.4, -0.2) is 5.33 Å². The van der Waals surface area contributed by atoms with Crippen molar-refractivity contribution in [3.63, 3.8) is 0 Å². The molecule has 0 heterocycles. The Morgan fingerprint density at radius 2 is 1.85 bits per heavy atom. The van der Waals surface area contributed by atoms with Gasteiger partial charge in [-0.25, -0.2) is 0 Å². The zero-order valence-electron chi connectivity index (χ0n) is 6.78. The van der Waals surface area contributed by atoms with Gasteiger partial charge >= 0.3 is 0 Å². The Kier molecular flexibility index (Phi) is 4.66. The molecule has 0 radical (unpaired) electrons. The molecular weight excluding hydrogens is 271 g/mol. The molecule has 0 aromatic heterocycles. The summed E-state index contributed by atoms with van der Waals surface area (Å²) in [5.41, 5.74) is 0.715. The second-order valence-electron chi connectivity index (χ2n) is 2.34. The smallest absolute Gasteiger partial charge is 0.0617 e. The van der Waals surface area contributed by atoms with Gasteiger partial charge in [0.2, 0.25) is 0 Å². The van der Waals surface area contributed by atoms with E-state index in [0.717, 1.165) is 11.8 Å². The average Bonchev–Trinajstić information content (AvgIpc) is 2.10. The first-order chi connectivity index (χ1) is 6.25. The van der Waals surface area contributed by atoms with Crippen LogP contribution in [0.1, 0.15) is 12.0 Å². The molecule has 0 unspecified atom stereocenters. The van der Waals surface area contributed by atoms with Crippen LogP contribution < -0.4 is 0 Å². The first-order valence-electron chi connectivity index (χ1n) is 3.74. The third-order valence-corrected chi connectivity index (χ3v) is 2.42. The number of rotatable bonds is 1. The van der Waals surface area contributed by atoms with E-state index in [9.17, 15) is 0 Å². The Hall–Kier alpha value is -0.160. The fraction of sp³-hybridized carbons (Fsp3) is 0.200. The van der Waals surface area contributed by atoms with E-state index in [0.29, 0.717) is 15.6 Å². The van der Waals surface area contributed by atoms with E-state index >= 15 is 0 Å². The standard InChI is InChI=1S/C10H7BrCl2/c11-7-2-1-4-8-9(12)5-3-6-10(8)13/h3,5-6H,2,7H2. The van der Waals surface area contributed by atoms with E-state index in [2.05, 4.69) is 27.8 Å². The van der Waals surface area contributed by atoms with Crippen LogP contribution in [0, 0.1) is 11.8 Å². The number of alkyl halides is 1. The lowest BCUT2D eigenvalue weighted by Gasteiger charge is -1.97. The summed E-state index contributed by atoms with van der Waals surface area (Å²) >= 11 is 15.1. The molecule has 1 rings (SSSR count). The van der Waals surface area contributed by atoms with Crippen molar-refractivity contribution in [1.29, 1.82) is 0 Å². The quantitative estimate of drug-likeness (QED) is 0.535. The first-order valence-corrected chi connectivity index (χ1v) is 5.62. The predicted octanol–water partition coefficient (Wildman–Crippen LogP) is 4.13. The van der Waals surface area contributed by atoms with Crippen LogP contribution >= 0.6 is 39.1 Å². The maximum absolute atomic E-state index is 5.91. The van der Waals surface area contributed by atoms with E-state index in [1.165, 1.54) is 0 Å². The molecule has 1 aromatic rings. The highest BCUT2D eigenvalue weighted by Crippen LogP contribution is 2.22. The van der Waals surface area contributed by atoms with Gasteiger partial charge in [-0.1, -0.05) is 57.0 Å². The van der Waals surface area contributed by atoms with Gasteiger partial charge in [0.1, 0.15) is 0 Å². The Bertz CT molecular complexity index is 329. The molecule has 0 saturated carbocycles. The van der Waals surface area contributed by atoms with Gasteiger partial charge in [-0.2, -0.15) is 0 Å². The van der Waals surface area contributed by atoms with E-state index in [1.807, 2.05) is 0 Å². The van der Waals surface area contributed by atoms with E-state index in [1.54, 1.807) is 18.2 Å². The summed E-state index contributed by atoms with van der Waals surface area (Å²) in [6.07, 6.45) is 0.793. The molecule has 0 bridgehead atoms. The molecule has 0 amide bonds. The number of halogens is 3. The van der Waals surface area contributed by atoms with Crippen LogP contribution in [0.2, 0.25) is 10.0 Å². The van der Waals surface area contributed by atoms with Gasteiger partial charge in [0, 0.05) is 11.8 Å². The van der Waals surface area contributed by atoms with Crippen molar-refractivity contribution in [2.24, 2.45) is 0 Å². The summed E-state index contributed by atoms with van der Waals surface area (Å²) in [6.45, 7) is 0. The van der Waals surface area contributed by atoms with Gasteiger partial charge in [0.05, 0.1) is 15.6 Å². The maximum Gasteiger partial charge on any atom is 0.0617 e. The van der Waals surface area contributed by atoms with E-state index < -0.39 is 0 Å². The molecule has 0 atom stereocenters. The second-order valence-corrected chi connectivity index (χ2v) is 3.94. The van der Waals surface area contributed by atoms with Crippen molar-refractivity contribution in [3.8, 4) is 11.8 Å². The van der Waals surface area contributed by atoms with Gasteiger partial charge in [-0.05, 0) is 12.1 Å². The van der Waals surface area contributed by atoms with Crippen LogP contribution in [0.15, 0.2) is 18.2 Å². The summed E-state index contributed by atoms with van der Waals surface area (Å²) in [6, 6.07) is 5.37. The molecule has 0 nitrogen and oxygen atoms in total. The molecule has 0 fully saturated rings. The zero-order valence-corrected chi connectivity index (χ0v) is 9.88. The van der Waals surface area contributed by atoms with Crippen LogP contribution in [0.5, 0.6) is 0 Å². The molecule has 0 N–H and O–H groups in total. The minimum absolute atomic E-state index is 0.606. The molecule has 0 aliphatic carbocycles. The average molecular weight is 278 g/mol. The molecule has 3 heteroatoms. The lowest BCUT2D eigenvalue weighted by atomic mass is 10.2. The Balaban J connectivity index is 2.95. The topological polar surface area (TPSA) is 0 Å². The van der Waals surface area contributed by atoms with Gasteiger partial charge in [0.25, 0.3) is 0 Å². The van der Waals surface area contributed by atoms with Crippen molar-refractivity contribution in [1.82, 2.24) is 0 Å². The van der Waals surface area contributed by atoms with Crippen molar-refractivity contribution >= 4 is 39.1 Å². The predicted molar refractivity (Wildman–Crippen MR) is 61.8 cm³/mol. The summed E-state index contributed by atoms with van der Waals surface area (Å²) in [5, 5.41) is 2.08. The highest BCUT2D eigenvalue weighted by molar-refractivity contribution is 9.09. The normalized spacial score (nSPS) is 9.15. The van der Waals surface area contributed by atoms with Gasteiger partial charge in [-0.3, -0.25) is 0 Å². The zero-order chi connectivity index (χ0) is 9.68. The van der Waals surface area contributed by atoms with Crippen molar-refractivity contribution in [2.45, 2.75) is 6.42 Å². The molecular formula is C10H7BrCl2. The Labute approximate surface area is 96.4 Å².